The van der Waals surface area contributed by atoms with Crippen molar-refractivity contribution in [3.63, 3.8) is 0 Å². The number of nitrogens with one attached hydrogen (secondary N) is 2. The lowest BCUT2D eigenvalue weighted by molar-refractivity contribution is 0.0662. The lowest BCUT2D eigenvalue weighted by atomic mass is 10.2. The molecule has 2 aromatic carbocycles. The van der Waals surface area contributed by atoms with Gasteiger partial charge in [0.25, 0.3) is 15.9 Å². The van der Waals surface area contributed by atoms with Crippen LogP contribution in [-0.2, 0) is 10.0 Å². The second-order valence-corrected chi connectivity index (χ2v) is 8.24. The number of anilines is 1. The van der Waals surface area contributed by atoms with E-state index >= 15 is 0 Å². The molecular formula is C20H24N4O3S. The van der Waals surface area contributed by atoms with Gasteiger partial charge in [0.2, 0.25) is 0 Å². The number of amides is 1. The zero-order valence-corrected chi connectivity index (χ0v) is 16.5. The van der Waals surface area contributed by atoms with Gasteiger partial charge in [0.1, 0.15) is 0 Å². The fraction of sp³-hybridized carbons (Fsp3) is 0.250. The molecule has 2 aromatic rings. The van der Waals surface area contributed by atoms with Gasteiger partial charge in [-0.15, -0.1) is 0 Å². The van der Waals surface area contributed by atoms with Crippen molar-refractivity contribution < 1.29 is 13.2 Å². The van der Waals surface area contributed by atoms with Crippen molar-refractivity contribution in [3.05, 3.63) is 71.1 Å². The van der Waals surface area contributed by atoms with Crippen molar-refractivity contribution in [1.29, 1.82) is 0 Å². The van der Waals surface area contributed by atoms with Crippen LogP contribution < -0.4 is 10.1 Å². The molecule has 1 saturated heterocycles. The topological polar surface area (TPSA) is 81.8 Å². The highest BCUT2D eigenvalue weighted by Crippen LogP contribution is 2.13. The maximum atomic E-state index is 12.3. The van der Waals surface area contributed by atoms with E-state index in [-0.39, 0.29) is 5.91 Å². The van der Waals surface area contributed by atoms with Crippen LogP contribution >= 0.6 is 0 Å². The summed E-state index contributed by atoms with van der Waals surface area (Å²) in [6.45, 7) is 3.34. The van der Waals surface area contributed by atoms with Crippen LogP contribution in [0.4, 0.5) is 5.69 Å². The third-order valence-corrected chi connectivity index (χ3v) is 5.42. The molecule has 1 fully saturated rings. The molecule has 0 unspecified atom stereocenters. The quantitative estimate of drug-likeness (QED) is 0.775. The Balaban J connectivity index is 1.57. The number of rotatable bonds is 6. The lowest BCUT2D eigenvalue weighted by Crippen LogP contribution is -2.52. The number of piperazine rings is 1. The number of nitrogens with zero attached hydrogens (tertiary/aromatic N) is 2. The summed E-state index contributed by atoms with van der Waals surface area (Å²) in [4.78, 5) is 14.5. The average Bonchev–Trinajstić information content (AvgIpc) is 2.69. The first kappa shape index (κ1) is 20.1. The molecule has 148 valence electrons. The van der Waals surface area contributed by atoms with Gasteiger partial charge in [-0.05, 0) is 43.0 Å². The van der Waals surface area contributed by atoms with Crippen molar-refractivity contribution in [3.8, 4) is 0 Å². The van der Waals surface area contributed by atoms with Crippen LogP contribution in [0.1, 0.15) is 15.9 Å². The van der Waals surface area contributed by atoms with Gasteiger partial charge in [-0.25, -0.2) is 13.4 Å². The Morgan fingerprint density at radius 1 is 0.964 bits per heavy atom. The monoisotopic (exact) mass is 400 g/mol. The summed E-state index contributed by atoms with van der Waals surface area (Å²) in [6.07, 6.45) is 1.53. The number of benzene rings is 2. The Kier molecular flexibility index (Phi) is 6.45. The first-order valence-corrected chi connectivity index (χ1v) is 10.6. The summed E-state index contributed by atoms with van der Waals surface area (Å²) in [5, 5.41) is 3.02. The maximum absolute atomic E-state index is 12.3. The summed E-state index contributed by atoms with van der Waals surface area (Å²) in [7, 11) is -1.59. The molecule has 1 aliphatic rings. The van der Waals surface area contributed by atoms with Crippen molar-refractivity contribution in [2.75, 3.05) is 37.9 Å². The summed E-state index contributed by atoms with van der Waals surface area (Å²) < 4.78 is 26.9. The van der Waals surface area contributed by atoms with E-state index in [4.69, 9.17) is 0 Å². The van der Waals surface area contributed by atoms with Crippen molar-refractivity contribution in [2.24, 2.45) is 0 Å². The minimum Gasteiger partial charge on any atom is -0.304 e. The smallest absolute Gasteiger partial charge is 0.265 e. The minimum atomic E-state index is -3.64. The van der Waals surface area contributed by atoms with E-state index in [2.05, 4.69) is 15.0 Å². The molecule has 0 aromatic heterocycles. The van der Waals surface area contributed by atoms with Crippen molar-refractivity contribution in [2.45, 2.75) is 0 Å². The SMILES string of the molecule is CN1CCN(NC(=O)c2ccc(NS(=O)(=O)/C=C/c3ccccc3)cc2)CC1. The lowest BCUT2D eigenvalue weighted by Gasteiger charge is -2.32. The highest BCUT2D eigenvalue weighted by Gasteiger charge is 2.16. The van der Waals surface area contributed by atoms with Gasteiger partial charge in [-0.2, -0.15) is 0 Å². The predicted octanol–water partition coefficient (Wildman–Crippen LogP) is 1.99. The first-order valence-electron chi connectivity index (χ1n) is 9.02. The molecule has 1 amide bonds. The number of hydrogen-bond donors (Lipinski definition) is 2. The molecule has 8 heteroatoms. The van der Waals surface area contributed by atoms with E-state index in [1.165, 1.54) is 6.08 Å². The Bertz CT molecular complexity index is 920. The molecule has 1 heterocycles. The van der Waals surface area contributed by atoms with Crippen molar-refractivity contribution >= 4 is 27.7 Å². The molecule has 28 heavy (non-hydrogen) atoms. The molecule has 0 atom stereocenters. The third-order valence-electron chi connectivity index (χ3n) is 4.41. The second-order valence-electron chi connectivity index (χ2n) is 6.67. The molecule has 0 saturated carbocycles. The van der Waals surface area contributed by atoms with E-state index in [0.717, 1.165) is 37.2 Å². The molecule has 0 spiro atoms. The second kappa shape index (κ2) is 9.01. The van der Waals surface area contributed by atoms with E-state index in [0.29, 0.717) is 11.3 Å². The van der Waals surface area contributed by atoms with Gasteiger partial charge in [-0.1, -0.05) is 30.3 Å². The highest BCUT2D eigenvalue weighted by molar-refractivity contribution is 7.95. The number of likely N-dealkylation sites (N-methyl/N-ethyl adjacent to an activating group) is 1. The van der Waals surface area contributed by atoms with Crippen molar-refractivity contribution in [1.82, 2.24) is 15.3 Å². The zero-order valence-electron chi connectivity index (χ0n) is 15.7. The predicted molar refractivity (Wildman–Crippen MR) is 111 cm³/mol. The van der Waals surface area contributed by atoms with E-state index in [9.17, 15) is 13.2 Å². The summed E-state index contributed by atoms with van der Waals surface area (Å²) in [5.74, 6) is -0.206. The molecule has 7 nitrogen and oxygen atoms in total. The van der Waals surface area contributed by atoms with Gasteiger partial charge in [0.15, 0.2) is 0 Å². The molecule has 0 aliphatic carbocycles. The summed E-state index contributed by atoms with van der Waals surface area (Å²) in [6, 6.07) is 15.5. The van der Waals surface area contributed by atoms with Crippen LogP contribution in [0.5, 0.6) is 0 Å². The van der Waals surface area contributed by atoms with Crippen LogP contribution in [0.2, 0.25) is 0 Å². The Morgan fingerprint density at radius 2 is 1.61 bits per heavy atom. The largest absolute Gasteiger partial charge is 0.304 e. The normalized spacial score (nSPS) is 16.2. The number of hydrazine groups is 1. The minimum absolute atomic E-state index is 0.206. The Hall–Kier alpha value is -2.68. The van der Waals surface area contributed by atoms with Gasteiger partial charge < -0.3 is 4.90 Å². The molecule has 1 aliphatic heterocycles. The van der Waals surface area contributed by atoms with Crippen LogP contribution in [0.3, 0.4) is 0 Å². The van der Waals surface area contributed by atoms with Crippen LogP contribution in [0.25, 0.3) is 6.08 Å². The first-order chi connectivity index (χ1) is 13.4. The molecule has 0 bridgehead atoms. The van der Waals surface area contributed by atoms with Gasteiger partial charge in [0.05, 0.1) is 5.41 Å². The number of sulfonamides is 1. The van der Waals surface area contributed by atoms with E-state index in [1.54, 1.807) is 24.3 Å². The fourth-order valence-corrected chi connectivity index (χ4v) is 3.62. The van der Waals surface area contributed by atoms with E-state index in [1.807, 2.05) is 42.4 Å². The van der Waals surface area contributed by atoms with Crippen LogP contribution in [-0.4, -0.2) is 57.5 Å². The average molecular weight is 401 g/mol. The van der Waals surface area contributed by atoms with Gasteiger partial charge in [0, 0.05) is 37.4 Å². The summed E-state index contributed by atoms with van der Waals surface area (Å²) in [5.41, 5.74) is 4.55. The maximum Gasteiger partial charge on any atom is 0.265 e. The van der Waals surface area contributed by atoms with Crippen LogP contribution in [0.15, 0.2) is 60.0 Å². The highest BCUT2D eigenvalue weighted by atomic mass is 32.2. The van der Waals surface area contributed by atoms with Gasteiger partial charge >= 0.3 is 0 Å². The van der Waals surface area contributed by atoms with Crippen LogP contribution in [0, 0.1) is 0 Å². The fourth-order valence-electron chi connectivity index (χ4n) is 2.75. The number of carbonyl (C=O) groups excluding carboxylic acids is 1. The third kappa shape index (κ3) is 5.91. The molecule has 2 N–H and O–H groups in total. The zero-order chi connectivity index (χ0) is 20.0. The standard InChI is InChI=1S/C20H24N4O3S/c1-23-12-14-24(15-13-23)21-20(25)18-7-9-19(10-8-18)22-28(26,27)16-11-17-5-3-2-4-6-17/h2-11,16,22H,12-15H2,1H3,(H,21,25)/b16-11+. The Morgan fingerprint density at radius 3 is 2.25 bits per heavy atom. The molecular weight excluding hydrogens is 376 g/mol. The molecule has 0 radical (unpaired) electrons. The van der Waals surface area contributed by atoms with E-state index < -0.39 is 10.0 Å². The Labute approximate surface area is 165 Å². The number of hydrogen-bond acceptors (Lipinski definition) is 5. The van der Waals surface area contributed by atoms with Gasteiger partial charge in [-0.3, -0.25) is 14.9 Å². The molecule has 3 rings (SSSR count). The number of carbonyl (C=O) groups is 1. The summed E-state index contributed by atoms with van der Waals surface area (Å²) >= 11 is 0.